The van der Waals surface area contributed by atoms with Crippen LogP contribution in [0, 0.1) is 0 Å². The molecule has 7 heteroatoms. The van der Waals surface area contributed by atoms with Gasteiger partial charge in [-0.3, -0.25) is 0 Å². The van der Waals surface area contributed by atoms with Gasteiger partial charge in [-0.25, -0.2) is 14.6 Å². The smallest absolute Gasteiger partial charge is 0.407 e. The molecule has 0 unspecified atom stereocenters. The summed E-state index contributed by atoms with van der Waals surface area (Å²) in [5.74, 6) is -0.116. The number of hydrogen-bond acceptors (Lipinski definition) is 6. The van der Waals surface area contributed by atoms with E-state index in [1.165, 1.54) is 0 Å². The number of fused-ring (bicyclic) bond motifs is 1. The third-order valence-electron chi connectivity index (χ3n) is 5.14. The number of esters is 1. The van der Waals surface area contributed by atoms with Crippen LogP contribution in [-0.2, 0) is 14.3 Å². The van der Waals surface area contributed by atoms with E-state index in [9.17, 15) is 9.59 Å². The Morgan fingerprint density at radius 1 is 1.20 bits per heavy atom. The first kappa shape index (κ1) is 19.9. The zero-order valence-corrected chi connectivity index (χ0v) is 17.1. The maximum Gasteiger partial charge on any atom is 0.407 e. The van der Waals surface area contributed by atoms with Crippen LogP contribution in [-0.4, -0.2) is 48.1 Å². The molecule has 0 atom stereocenters. The van der Waals surface area contributed by atoms with Crippen LogP contribution in [0.15, 0.2) is 59.4 Å². The number of alkyl carbamates (subject to hydrolysis) is 1. The van der Waals surface area contributed by atoms with Gasteiger partial charge in [-0.05, 0) is 43.5 Å². The number of ether oxygens (including phenoxy) is 2. The molecule has 0 bridgehead atoms. The number of amides is 1. The minimum atomic E-state index is -0.446. The summed E-state index contributed by atoms with van der Waals surface area (Å²) in [6.45, 7) is 5.06. The molecule has 2 heterocycles. The summed E-state index contributed by atoms with van der Waals surface area (Å²) in [5, 5.41) is 4.95. The van der Waals surface area contributed by atoms with Crippen LogP contribution in [0.3, 0.4) is 0 Å². The number of hydrogen-bond donors (Lipinski definition) is 1. The second-order valence-corrected chi connectivity index (χ2v) is 7.76. The van der Waals surface area contributed by atoms with E-state index in [0.717, 1.165) is 29.2 Å². The van der Waals surface area contributed by atoms with Crippen molar-refractivity contribution in [2.75, 3.05) is 13.1 Å². The number of benzene rings is 2. The Morgan fingerprint density at radius 2 is 1.93 bits per heavy atom. The van der Waals surface area contributed by atoms with Gasteiger partial charge in [0.1, 0.15) is 0 Å². The summed E-state index contributed by atoms with van der Waals surface area (Å²) in [6, 6.07) is 13.9. The van der Waals surface area contributed by atoms with Crippen LogP contribution in [0.1, 0.15) is 32.3 Å². The van der Waals surface area contributed by atoms with Crippen LogP contribution in [0.4, 0.5) is 4.79 Å². The number of carbonyl (C=O) groups is 2. The van der Waals surface area contributed by atoms with Crippen LogP contribution < -0.4 is 5.32 Å². The number of nitrogens with zero attached hydrogens (tertiary/aromatic N) is 2. The summed E-state index contributed by atoms with van der Waals surface area (Å²) in [4.78, 5) is 30.6. The standard InChI is InChI=1S/C23H25N3O4/c1-15(2)29-23(28)24-17-10-12-26(13-11-17)14-20-22(27)30-21(25-20)19-9-5-7-16-6-3-4-8-18(16)19/h3-9,14-15,17H,10-13H2,1-2H3,(H,24,28). The molecule has 156 valence electrons. The van der Waals surface area contributed by atoms with Gasteiger partial charge in [0.15, 0.2) is 5.70 Å². The Kier molecular flexibility index (Phi) is 5.70. The average molecular weight is 407 g/mol. The summed E-state index contributed by atoms with van der Waals surface area (Å²) < 4.78 is 10.6. The fraction of sp³-hybridized carbons (Fsp3) is 0.348. The molecule has 2 aromatic carbocycles. The number of rotatable bonds is 4. The lowest BCUT2D eigenvalue weighted by Crippen LogP contribution is -2.43. The van der Waals surface area contributed by atoms with E-state index in [0.29, 0.717) is 24.7 Å². The third kappa shape index (κ3) is 4.45. The van der Waals surface area contributed by atoms with Crippen molar-refractivity contribution in [1.82, 2.24) is 10.2 Å². The zero-order valence-electron chi connectivity index (χ0n) is 17.1. The van der Waals surface area contributed by atoms with Gasteiger partial charge in [0.05, 0.1) is 6.10 Å². The highest BCUT2D eigenvalue weighted by atomic mass is 16.6. The molecule has 2 aromatic rings. The maximum absolute atomic E-state index is 12.4. The molecule has 1 amide bonds. The molecule has 2 aliphatic heterocycles. The van der Waals surface area contributed by atoms with Crippen molar-refractivity contribution in [3.8, 4) is 0 Å². The van der Waals surface area contributed by atoms with E-state index >= 15 is 0 Å². The van der Waals surface area contributed by atoms with Crippen LogP contribution in [0.5, 0.6) is 0 Å². The molecule has 0 spiro atoms. The van der Waals surface area contributed by atoms with Crippen molar-refractivity contribution in [1.29, 1.82) is 0 Å². The van der Waals surface area contributed by atoms with E-state index in [1.54, 1.807) is 6.20 Å². The quantitative estimate of drug-likeness (QED) is 0.619. The zero-order chi connectivity index (χ0) is 21.1. The van der Waals surface area contributed by atoms with Crippen LogP contribution >= 0.6 is 0 Å². The third-order valence-corrected chi connectivity index (χ3v) is 5.14. The summed E-state index contributed by atoms with van der Waals surface area (Å²) in [6.07, 6.45) is 2.77. The number of carbonyl (C=O) groups excluding carboxylic acids is 2. The van der Waals surface area contributed by atoms with Gasteiger partial charge in [-0.1, -0.05) is 36.4 Å². The molecule has 1 saturated heterocycles. The van der Waals surface area contributed by atoms with Crippen molar-refractivity contribution >= 4 is 28.7 Å². The number of cyclic esters (lactones) is 1. The minimum Gasteiger partial charge on any atom is -0.447 e. The topological polar surface area (TPSA) is 80.2 Å². The molecule has 4 rings (SSSR count). The predicted octanol–water partition coefficient (Wildman–Crippen LogP) is 3.58. The number of likely N-dealkylation sites (tertiary alicyclic amines) is 1. The second kappa shape index (κ2) is 8.57. The van der Waals surface area contributed by atoms with Gasteiger partial charge in [0.2, 0.25) is 5.90 Å². The van der Waals surface area contributed by atoms with Crippen molar-refractivity contribution < 1.29 is 19.1 Å². The van der Waals surface area contributed by atoms with Gasteiger partial charge in [-0.15, -0.1) is 0 Å². The first-order valence-electron chi connectivity index (χ1n) is 10.2. The van der Waals surface area contributed by atoms with Crippen LogP contribution in [0.2, 0.25) is 0 Å². The summed E-state index contributed by atoms with van der Waals surface area (Å²) in [7, 11) is 0. The predicted molar refractivity (Wildman–Crippen MR) is 114 cm³/mol. The maximum atomic E-state index is 12.4. The Morgan fingerprint density at radius 3 is 2.70 bits per heavy atom. The lowest BCUT2D eigenvalue weighted by Gasteiger charge is -2.31. The lowest BCUT2D eigenvalue weighted by molar-refractivity contribution is -0.130. The van der Waals surface area contributed by atoms with Crippen molar-refractivity contribution in [3.63, 3.8) is 0 Å². The molecular weight excluding hydrogens is 382 g/mol. The summed E-state index contributed by atoms with van der Waals surface area (Å²) >= 11 is 0. The monoisotopic (exact) mass is 407 g/mol. The van der Waals surface area contributed by atoms with E-state index in [-0.39, 0.29) is 18.2 Å². The normalized spacial score (nSPS) is 18.6. The number of aliphatic imine (C=N–C) groups is 1. The van der Waals surface area contributed by atoms with Gasteiger partial charge in [0, 0.05) is 30.9 Å². The molecule has 0 saturated carbocycles. The molecule has 0 aliphatic carbocycles. The lowest BCUT2D eigenvalue weighted by atomic mass is 10.0. The first-order chi connectivity index (χ1) is 14.5. The molecule has 1 N–H and O–H groups in total. The Labute approximate surface area is 175 Å². The van der Waals surface area contributed by atoms with E-state index in [2.05, 4.69) is 10.3 Å². The minimum absolute atomic E-state index is 0.0659. The van der Waals surface area contributed by atoms with Crippen molar-refractivity contribution in [2.24, 2.45) is 4.99 Å². The Balaban J connectivity index is 1.43. The van der Waals surface area contributed by atoms with Crippen molar-refractivity contribution in [3.05, 3.63) is 59.9 Å². The molecule has 2 aliphatic rings. The Hall–Kier alpha value is -3.35. The average Bonchev–Trinajstić information content (AvgIpc) is 3.08. The summed E-state index contributed by atoms with van der Waals surface area (Å²) in [5.41, 5.74) is 1.10. The molecular formula is C23H25N3O4. The highest BCUT2D eigenvalue weighted by Gasteiger charge is 2.27. The molecule has 0 aromatic heterocycles. The molecule has 30 heavy (non-hydrogen) atoms. The molecule has 1 fully saturated rings. The fourth-order valence-corrected chi connectivity index (χ4v) is 3.69. The van der Waals surface area contributed by atoms with E-state index in [1.807, 2.05) is 61.2 Å². The van der Waals surface area contributed by atoms with Crippen LogP contribution in [0.25, 0.3) is 10.8 Å². The van der Waals surface area contributed by atoms with Gasteiger partial charge < -0.3 is 19.7 Å². The van der Waals surface area contributed by atoms with Gasteiger partial charge in [0.25, 0.3) is 0 Å². The van der Waals surface area contributed by atoms with E-state index in [4.69, 9.17) is 9.47 Å². The largest absolute Gasteiger partial charge is 0.447 e. The second-order valence-electron chi connectivity index (χ2n) is 7.76. The van der Waals surface area contributed by atoms with E-state index < -0.39 is 5.97 Å². The first-order valence-corrected chi connectivity index (χ1v) is 10.2. The fourth-order valence-electron chi connectivity index (χ4n) is 3.69. The molecule has 7 nitrogen and oxygen atoms in total. The highest BCUT2D eigenvalue weighted by molar-refractivity contribution is 6.16. The van der Waals surface area contributed by atoms with Gasteiger partial charge in [-0.2, -0.15) is 0 Å². The van der Waals surface area contributed by atoms with Crippen molar-refractivity contribution in [2.45, 2.75) is 38.8 Å². The number of piperidine rings is 1. The molecule has 0 radical (unpaired) electrons. The highest BCUT2D eigenvalue weighted by Crippen LogP contribution is 2.24. The van der Waals surface area contributed by atoms with Gasteiger partial charge >= 0.3 is 12.1 Å². The Bertz CT molecular complexity index is 1010. The SMILES string of the molecule is CC(C)OC(=O)NC1CCN(C=C2N=C(c3cccc4ccccc34)OC2=O)CC1. The number of nitrogens with one attached hydrogen (secondary N) is 1.